The van der Waals surface area contributed by atoms with Crippen molar-refractivity contribution in [2.75, 3.05) is 5.75 Å². The van der Waals surface area contributed by atoms with E-state index < -0.39 is 33.4 Å². The number of nitrogens with zero attached hydrogens (tertiary/aromatic N) is 1. The van der Waals surface area contributed by atoms with Crippen LogP contribution in [-0.4, -0.2) is 42.0 Å². The molecule has 1 heterocycles. The quantitative estimate of drug-likeness (QED) is 0.698. The maximum Gasteiger partial charge on any atom is 0.307 e. The molecule has 1 spiro atoms. The van der Waals surface area contributed by atoms with Crippen molar-refractivity contribution in [3.63, 3.8) is 0 Å². The van der Waals surface area contributed by atoms with Crippen molar-refractivity contribution in [1.82, 2.24) is 4.31 Å². The third-order valence-electron chi connectivity index (χ3n) is 6.94. The van der Waals surface area contributed by atoms with Gasteiger partial charge in [0.05, 0.1) is 18.2 Å². The highest BCUT2D eigenvalue weighted by Crippen LogP contribution is 2.70. The van der Waals surface area contributed by atoms with Gasteiger partial charge >= 0.3 is 5.97 Å². The Bertz CT molecular complexity index is 736. The van der Waals surface area contributed by atoms with Gasteiger partial charge in [-0.15, -0.1) is 0 Å². The molecule has 1 aliphatic heterocycles. The van der Waals surface area contributed by atoms with E-state index in [1.165, 1.54) is 0 Å². The summed E-state index contributed by atoms with van der Waals surface area (Å²) in [6, 6.07) is -0.255. The number of hydrogen-bond donors (Lipinski definition) is 0. The predicted molar refractivity (Wildman–Crippen MR) is 97.6 cm³/mol. The zero-order valence-corrected chi connectivity index (χ0v) is 17.5. The van der Waals surface area contributed by atoms with Gasteiger partial charge in [0, 0.05) is 11.3 Å². The number of sulfonamides is 1. The van der Waals surface area contributed by atoms with Gasteiger partial charge < -0.3 is 4.74 Å². The number of ether oxygens (including phenoxy) is 1. The Hall–Kier alpha value is -1.11. The van der Waals surface area contributed by atoms with E-state index in [9.17, 15) is 18.0 Å². The van der Waals surface area contributed by atoms with Gasteiger partial charge in [-0.25, -0.2) is 12.7 Å². The van der Waals surface area contributed by atoms with Crippen molar-refractivity contribution in [2.45, 2.75) is 78.9 Å². The average molecular weight is 386 g/mol. The molecule has 26 heavy (non-hydrogen) atoms. The van der Waals surface area contributed by atoms with E-state index in [1.54, 1.807) is 27.7 Å². The van der Waals surface area contributed by atoms with Gasteiger partial charge in [0.1, 0.15) is 5.60 Å². The number of fused-ring (bicyclic) bond motifs is 1. The second-order valence-corrected chi connectivity index (χ2v) is 11.8. The van der Waals surface area contributed by atoms with E-state index in [-0.39, 0.29) is 29.0 Å². The van der Waals surface area contributed by atoms with Crippen LogP contribution in [0.25, 0.3) is 0 Å². The topological polar surface area (TPSA) is 80.8 Å². The average Bonchev–Trinajstić information content (AvgIpc) is 2.91. The Morgan fingerprint density at radius 3 is 2.42 bits per heavy atom. The molecule has 2 saturated carbocycles. The van der Waals surface area contributed by atoms with E-state index in [1.807, 2.05) is 0 Å². The first-order valence-electron chi connectivity index (χ1n) is 9.49. The van der Waals surface area contributed by atoms with Gasteiger partial charge in [0.15, 0.2) is 0 Å². The van der Waals surface area contributed by atoms with Crippen LogP contribution in [0.2, 0.25) is 0 Å². The molecule has 1 amide bonds. The van der Waals surface area contributed by atoms with E-state index in [0.29, 0.717) is 5.92 Å². The van der Waals surface area contributed by atoms with Crippen LogP contribution in [0.1, 0.15) is 67.2 Å². The number of carbonyl (C=O) groups is 2. The predicted octanol–water partition coefficient (Wildman–Crippen LogP) is 2.72. The molecule has 1 saturated heterocycles. The number of hydrogen-bond acceptors (Lipinski definition) is 5. The first kappa shape index (κ1) is 19.6. The van der Waals surface area contributed by atoms with E-state index >= 15 is 0 Å². The largest absolute Gasteiger partial charge is 0.460 e. The highest BCUT2D eigenvalue weighted by molar-refractivity contribution is 7.90. The smallest absolute Gasteiger partial charge is 0.307 e. The number of amides is 1. The summed E-state index contributed by atoms with van der Waals surface area (Å²) >= 11 is 0. The van der Waals surface area contributed by atoms with Gasteiger partial charge in [0.2, 0.25) is 15.9 Å². The van der Waals surface area contributed by atoms with Gasteiger partial charge in [-0.1, -0.05) is 20.8 Å². The summed E-state index contributed by atoms with van der Waals surface area (Å²) in [5.41, 5.74) is -1.04. The van der Waals surface area contributed by atoms with Crippen LogP contribution in [0.4, 0.5) is 0 Å². The molecule has 2 bridgehead atoms. The molecule has 0 aromatic rings. The Balaban J connectivity index is 1.81. The van der Waals surface area contributed by atoms with Crippen LogP contribution in [0.5, 0.6) is 0 Å². The van der Waals surface area contributed by atoms with Crippen LogP contribution >= 0.6 is 0 Å². The summed E-state index contributed by atoms with van der Waals surface area (Å²) < 4.78 is 32.2. The third kappa shape index (κ3) is 2.77. The summed E-state index contributed by atoms with van der Waals surface area (Å²) in [5, 5.41) is 0. The maximum atomic E-state index is 13.0. The Labute approximate surface area is 156 Å². The highest BCUT2D eigenvalue weighted by Gasteiger charge is 2.72. The van der Waals surface area contributed by atoms with Crippen molar-refractivity contribution in [3.05, 3.63) is 0 Å². The Morgan fingerprint density at radius 1 is 1.27 bits per heavy atom. The number of carbonyl (C=O) groups excluding carboxylic acids is 2. The first-order chi connectivity index (χ1) is 11.7. The van der Waals surface area contributed by atoms with E-state index in [4.69, 9.17) is 4.74 Å². The zero-order valence-electron chi connectivity index (χ0n) is 16.7. The van der Waals surface area contributed by atoms with Crippen LogP contribution in [0.3, 0.4) is 0 Å². The molecule has 3 aliphatic rings. The van der Waals surface area contributed by atoms with E-state index in [2.05, 4.69) is 13.8 Å². The lowest BCUT2D eigenvalue weighted by atomic mass is 9.69. The van der Waals surface area contributed by atoms with E-state index in [0.717, 1.165) is 23.6 Å². The molecule has 148 valence electrons. The fraction of sp³-hybridized carbons (Fsp3) is 0.895. The lowest BCUT2D eigenvalue weighted by Crippen LogP contribution is -2.46. The van der Waals surface area contributed by atoms with Crippen LogP contribution in [-0.2, 0) is 24.3 Å². The van der Waals surface area contributed by atoms with Gasteiger partial charge in [0.25, 0.3) is 0 Å². The lowest BCUT2D eigenvalue weighted by molar-refractivity contribution is -0.157. The fourth-order valence-electron chi connectivity index (χ4n) is 5.52. The third-order valence-corrected chi connectivity index (χ3v) is 8.86. The fourth-order valence-corrected chi connectivity index (χ4v) is 8.15. The van der Waals surface area contributed by atoms with Crippen molar-refractivity contribution in [3.8, 4) is 0 Å². The second-order valence-electron chi connectivity index (χ2n) is 9.95. The maximum absolute atomic E-state index is 13.0. The molecule has 3 fully saturated rings. The minimum atomic E-state index is -3.64. The lowest BCUT2D eigenvalue weighted by Gasteiger charge is -2.37. The zero-order chi connectivity index (χ0) is 19.7. The minimum Gasteiger partial charge on any atom is -0.460 e. The van der Waals surface area contributed by atoms with Crippen molar-refractivity contribution in [1.29, 1.82) is 0 Å². The Kier molecular flexibility index (Phi) is 4.30. The molecule has 3 rings (SSSR count). The van der Waals surface area contributed by atoms with Crippen LogP contribution in [0, 0.1) is 22.7 Å². The highest BCUT2D eigenvalue weighted by atomic mass is 32.2. The van der Waals surface area contributed by atoms with Crippen molar-refractivity contribution < 1.29 is 22.7 Å². The Morgan fingerprint density at radius 2 is 1.88 bits per heavy atom. The molecule has 6 nitrogen and oxygen atoms in total. The monoisotopic (exact) mass is 385 g/mol. The summed E-state index contributed by atoms with van der Waals surface area (Å²) in [5.74, 6) is -1.13. The molecule has 0 aromatic heterocycles. The standard InChI is InChI=1S/C19H31NO5S/c1-12(9-15(21)25-17(2,3)4)16(22)20-14-10-13-7-8-19(14,18(13,5)6)11-26(20,23)24/h12-14H,7-11H2,1-6H3/t12-,13-,14-,19-/m1/s1. The van der Waals surface area contributed by atoms with Gasteiger partial charge in [-0.2, -0.15) is 0 Å². The van der Waals surface area contributed by atoms with Gasteiger partial charge in [-0.3, -0.25) is 9.59 Å². The summed E-state index contributed by atoms with van der Waals surface area (Å²) in [7, 11) is -3.64. The SMILES string of the molecule is C[C@H](CC(=O)OC(C)(C)C)C(=O)N1[C@@H]2C[C@H]3CC[C@]2(CS1(=O)=O)C3(C)C. The van der Waals surface area contributed by atoms with Crippen LogP contribution < -0.4 is 0 Å². The molecular formula is C19H31NO5S. The molecular weight excluding hydrogens is 354 g/mol. The van der Waals surface area contributed by atoms with Gasteiger partial charge in [-0.05, 0) is 51.4 Å². The van der Waals surface area contributed by atoms with Crippen molar-refractivity contribution in [2.24, 2.45) is 22.7 Å². The summed E-state index contributed by atoms with van der Waals surface area (Å²) in [6.45, 7) is 11.2. The number of rotatable bonds is 3. The normalized spacial score (nSPS) is 35.2. The first-order valence-corrected chi connectivity index (χ1v) is 11.1. The van der Waals surface area contributed by atoms with Crippen molar-refractivity contribution >= 4 is 21.9 Å². The molecule has 0 radical (unpaired) electrons. The summed E-state index contributed by atoms with van der Waals surface area (Å²) in [4.78, 5) is 25.1. The molecule has 0 N–H and O–H groups in total. The molecule has 7 heteroatoms. The molecule has 0 aromatic carbocycles. The summed E-state index contributed by atoms with van der Waals surface area (Å²) in [6.07, 6.45) is 2.54. The molecule has 0 unspecified atom stereocenters. The molecule has 4 atom stereocenters. The second kappa shape index (κ2) is 5.69. The number of esters is 1. The van der Waals surface area contributed by atoms with Crippen LogP contribution in [0.15, 0.2) is 0 Å². The minimum absolute atomic E-state index is 0.0546. The molecule has 2 aliphatic carbocycles.